The molecule has 0 spiro atoms. The zero-order chi connectivity index (χ0) is 11.5. The normalized spacial score (nSPS) is 11.7. The molecule has 0 radical (unpaired) electrons. The molecule has 0 fully saturated rings. The second kappa shape index (κ2) is 4.67. The molecule has 0 amide bonds. The fraction of sp³-hybridized carbons (Fsp3) is 0.556. The summed E-state index contributed by atoms with van der Waals surface area (Å²) in [6, 6.07) is 1.49. The number of aromatic nitrogens is 2. The van der Waals surface area contributed by atoms with Gasteiger partial charge in [-0.1, -0.05) is 6.92 Å². The van der Waals surface area contributed by atoms with Gasteiger partial charge in [-0.05, 0) is 12.6 Å². The predicted molar refractivity (Wildman–Crippen MR) is 57.3 cm³/mol. The Morgan fingerprint density at radius 1 is 1.40 bits per heavy atom. The van der Waals surface area contributed by atoms with E-state index in [0.29, 0.717) is 30.9 Å². The van der Waals surface area contributed by atoms with Gasteiger partial charge in [0.15, 0.2) is 14.9 Å². The summed E-state index contributed by atoms with van der Waals surface area (Å²) in [5.41, 5.74) is 6.09. The molecular weight excluding hydrogens is 214 g/mol. The third-order valence-corrected chi connectivity index (χ3v) is 2.87. The summed E-state index contributed by atoms with van der Waals surface area (Å²) >= 11 is 0. The van der Waals surface area contributed by atoms with E-state index in [2.05, 4.69) is 9.97 Å². The Morgan fingerprint density at radius 3 is 2.53 bits per heavy atom. The van der Waals surface area contributed by atoms with Crippen LogP contribution in [0.3, 0.4) is 0 Å². The van der Waals surface area contributed by atoms with E-state index in [1.807, 2.05) is 6.92 Å². The third kappa shape index (κ3) is 3.24. The molecule has 1 aromatic heterocycles. The number of nitrogens with zero attached hydrogens (tertiary/aromatic N) is 2. The van der Waals surface area contributed by atoms with Gasteiger partial charge in [-0.2, -0.15) is 0 Å². The number of aryl methyl sites for hydroxylation is 1. The molecule has 84 valence electrons. The van der Waals surface area contributed by atoms with Gasteiger partial charge in [-0.3, -0.25) is 0 Å². The molecule has 1 aromatic rings. The molecule has 0 saturated heterocycles. The van der Waals surface area contributed by atoms with Crippen LogP contribution >= 0.6 is 0 Å². The first-order valence-electron chi connectivity index (χ1n) is 4.74. The van der Waals surface area contributed by atoms with Crippen LogP contribution in [0.5, 0.6) is 0 Å². The van der Waals surface area contributed by atoms with Gasteiger partial charge < -0.3 is 5.73 Å². The minimum absolute atomic E-state index is 0.0813. The Hall–Kier alpha value is -1.01. The van der Waals surface area contributed by atoms with E-state index >= 15 is 0 Å². The lowest BCUT2D eigenvalue weighted by Crippen LogP contribution is -2.10. The van der Waals surface area contributed by atoms with Crippen molar-refractivity contribution in [2.75, 3.05) is 12.8 Å². The van der Waals surface area contributed by atoms with Crippen LogP contribution in [0.15, 0.2) is 11.1 Å². The molecule has 0 saturated carbocycles. The van der Waals surface area contributed by atoms with Crippen LogP contribution in [0.4, 0.5) is 0 Å². The number of sulfone groups is 1. The highest BCUT2D eigenvalue weighted by Gasteiger charge is 2.12. The van der Waals surface area contributed by atoms with Crippen LogP contribution < -0.4 is 5.73 Å². The lowest BCUT2D eigenvalue weighted by atomic mass is 10.3. The molecule has 0 aliphatic heterocycles. The summed E-state index contributed by atoms with van der Waals surface area (Å²) in [7, 11) is -3.27. The maximum atomic E-state index is 11.3. The Labute approximate surface area is 89.7 Å². The van der Waals surface area contributed by atoms with Crippen LogP contribution in [0, 0.1) is 0 Å². The first-order chi connectivity index (χ1) is 6.97. The molecule has 1 heterocycles. The van der Waals surface area contributed by atoms with Crippen molar-refractivity contribution >= 4 is 9.84 Å². The summed E-state index contributed by atoms with van der Waals surface area (Å²) in [5, 5.41) is 0.0813. The van der Waals surface area contributed by atoms with Crippen molar-refractivity contribution in [2.24, 2.45) is 5.73 Å². The lowest BCUT2D eigenvalue weighted by molar-refractivity contribution is 0.596. The predicted octanol–water partition coefficient (Wildman–Crippen LogP) is -0.0563. The summed E-state index contributed by atoms with van der Waals surface area (Å²) in [4.78, 5) is 8.17. The van der Waals surface area contributed by atoms with Gasteiger partial charge in [0.25, 0.3) is 0 Å². The Kier molecular flexibility index (Phi) is 3.76. The van der Waals surface area contributed by atoms with Gasteiger partial charge in [0, 0.05) is 24.8 Å². The van der Waals surface area contributed by atoms with Gasteiger partial charge in [0.05, 0.1) is 0 Å². The van der Waals surface area contributed by atoms with Gasteiger partial charge in [0.2, 0.25) is 0 Å². The summed E-state index contributed by atoms with van der Waals surface area (Å²) < 4.78 is 22.7. The van der Waals surface area contributed by atoms with Crippen molar-refractivity contribution in [3.05, 3.63) is 17.6 Å². The number of nitrogens with two attached hydrogens (primary N) is 1. The molecule has 0 unspecified atom stereocenters. The Balaban J connectivity index is 3.23. The van der Waals surface area contributed by atoms with Gasteiger partial charge in [-0.15, -0.1) is 0 Å². The van der Waals surface area contributed by atoms with Gasteiger partial charge in [0.1, 0.15) is 5.82 Å². The van der Waals surface area contributed by atoms with E-state index in [1.54, 1.807) is 0 Å². The molecule has 5 nitrogen and oxygen atoms in total. The standard InChI is InChI=1S/C9H15N3O2S/c1-3-8-11-7(4-5-10)6-9(12-8)15(2,13)14/h6H,3-5,10H2,1-2H3. The number of hydrogen-bond acceptors (Lipinski definition) is 5. The van der Waals surface area contributed by atoms with E-state index < -0.39 is 9.84 Å². The van der Waals surface area contributed by atoms with Gasteiger partial charge in [-0.25, -0.2) is 18.4 Å². The molecule has 0 aromatic carbocycles. The summed E-state index contributed by atoms with van der Waals surface area (Å²) in [6.07, 6.45) is 2.32. The smallest absolute Gasteiger partial charge is 0.192 e. The molecule has 1 rings (SSSR count). The largest absolute Gasteiger partial charge is 0.330 e. The van der Waals surface area contributed by atoms with Crippen LogP contribution in [-0.2, 0) is 22.7 Å². The molecule has 6 heteroatoms. The fourth-order valence-corrected chi connectivity index (χ4v) is 1.77. The molecule has 0 bridgehead atoms. The SMILES string of the molecule is CCc1nc(CCN)cc(S(C)(=O)=O)n1. The van der Waals surface area contributed by atoms with Crippen molar-refractivity contribution in [1.29, 1.82) is 0 Å². The molecule has 15 heavy (non-hydrogen) atoms. The van der Waals surface area contributed by atoms with E-state index in [9.17, 15) is 8.42 Å². The second-order valence-corrected chi connectivity index (χ2v) is 5.24. The van der Waals surface area contributed by atoms with Crippen LogP contribution in [0.25, 0.3) is 0 Å². The van der Waals surface area contributed by atoms with E-state index in [4.69, 9.17) is 5.73 Å². The van der Waals surface area contributed by atoms with Crippen LogP contribution in [0.2, 0.25) is 0 Å². The van der Waals surface area contributed by atoms with Crippen molar-refractivity contribution in [1.82, 2.24) is 9.97 Å². The van der Waals surface area contributed by atoms with Crippen molar-refractivity contribution < 1.29 is 8.42 Å². The topological polar surface area (TPSA) is 85.9 Å². The average molecular weight is 229 g/mol. The number of rotatable bonds is 4. The first-order valence-corrected chi connectivity index (χ1v) is 6.63. The third-order valence-electron chi connectivity index (χ3n) is 1.90. The quantitative estimate of drug-likeness (QED) is 0.731. The van der Waals surface area contributed by atoms with Gasteiger partial charge >= 0.3 is 0 Å². The maximum absolute atomic E-state index is 11.3. The molecule has 0 aliphatic carbocycles. The fourth-order valence-electron chi connectivity index (χ4n) is 1.15. The minimum Gasteiger partial charge on any atom is -0.330 e. The molecular formula is C9H15N3O2S. The number of hydrogen-bond donors (Lipinski definition) is 1. The van der Waals surface area contributed by atoms with Crippen LogP contribution in [0.1, 0.15) is 18.4 Å². The molecule has 2 N–H and O–H groups in total. The van der Waals surface area contributed by atoms with Crippen LogP contribution in [-0.4, -0.2) is 31.2 Å². The Morgan fingerprint density at radius 2 is 2.07 bits per heavy atom. The average Bonchev–Trinajstić information content (AvgIpc) is 2.16. The lowest BCUT2D eigenvalue weighted by Gasteiger charge is -2.04. The van der Waals surface area contributed by atoms with E-state index in [0.717, 1.165) is 6.26 Å². The van der Waals surface area contributed by atoms with Crippen molar-refractivity contribution in [3.63, 3.8) is 0 Å². The molecule has 0 aliphatic rings. The highest BCUT2D eigenvalue weighted by molar-refractivity contribution is 7.90. The molecule has 0 atom stereocenters. The monoisotopic (exact) mass is 229 g/mol. The first kappa shape index (κ1) is 12.1. The van der Waals surface area contributed by atoms with E-state index in [-0.39, 0.29) is 5.03 Å². The summed E-state index contributed by atoms with van der Waals surface area (Å²) in [6.45, 7) is 2.33. The Bertz CT molecular complexity index is 443. The highest BCUT2D eigenvalue weighted by Crippen LogP contribution is 2.08. The second-order valence-electron chi connectivity index (χ2n) is 3.28. The maximum Gasteiger partial charge on any atom is 0.192 e. The zero-order valence-electron chi connectivity index (χ0n) is 8.90. The highest BCUT2D eigenvalue weighted by atomic mass is 32.2. The summed E-state index contributed by atoms with van der Waals surface area (Å²) in [5.74, 6) is 0.543. The van der Waals surface area contributed by atoms with Crippen molar-refractivity contribution in [2.45, 2.75) is 24.8 Å². The van der Waals surface area contributed by atoms with Crippen molar-refractivity contribution in [3.8, 4) is 0 Å². The van der Waals surface area contributed by atoms with E-state index in [1.165, 1.54) is 6.07 Å². The minimum atomic E-state index is -3.27. The zero-order valence-corrected chi connectivity index (χ0v) is 9.71.